The Morgan fingerprint density at radius 3 is 2.74 bits per heavy atom. The van der Waals surface area contributed by atoms with Crippen LogP contribution in [0.1, 0.15) is 44.1 Å². The molecule has 2 saturated carbocycles. The molecule has 2 N–H and O–H groups in total. The molecule has 0 aliphatic heterocycles. The van der Waals surface area contributed by atoms with E-state index in [-0.39, 0.29) is 16.4 Å². The van der Waals surface area contributed by atoms with Crippen LogP contribution in [0.25, 0.3) is 0 Å². The van der Waals surface area contributed by atoms with E-state index in [0.29, 0.717) is 0 Å². The number of hydrogen-bond acceptors (Lipinski definition) is 1. The van der Waals surface area contributed by atoms with Crippen molar-refractivity contribution in [1.82, 2.24) is 0 Å². The van der Waals surface area contributed by atoms with E-state index >= 15 is 0 Å². The van der Waals surface area contributed by atoms with Crippen molar-refractivity contribution in [3.05, 3.63) is 34.6 Å². The predicted molar refractivity (Wildman–Crippen MR) is 76.7 cm³/mol. The summed E-state index contributed by atoms with van der Waals surface area (Å²) in [5.74, 6) is 1.39. The highest BCUT2D eigenvalue weighted by Crippen LogP contribution is 2.46. The fourth-order valence-electron chi connectivity index (χ4n) is 3.63. The first-order valence-corrected chi connectivity index (χ1v) is 7.66. The molecule has 0 aromatic heterocycles. The van der Waals surface area contributed by atoms with Crippen molar-refractivity contribution in [2.24, 2.45) is 17.6 Å². The number of halogens is 2. The van der Waals surface area contributed by atoms with Crippen molar-refractivity contribution in [3.63, 3.8) is 0 Å². The lowest BCUT2D eigenvalue weighted by atomic mass is 9.72. The van der Waals surface area contributed by atoms with Crippen molar-refractivity contribution in [2.45, 2.75) is 50.5 Å². The maximum absolute atomic E-state index is 13.5. The molecule has 0 heterocycles. The van der Waals surface area contributed by atoms with E-state index in [2.05, 4.69) is 0 Å². The van der Waals surface area contributed by atoms with Crippen LogP contribution in [0.5, 0.6) is 0 Å². The molecular formula is C16H21ClFN. The van der Waals surface area contributed by atoms with E-state index in [9.17, 15) is 4.39 Å². The molecule has 0 bridgehead atoms. The van der Waals surface area contributed by atoms with Crippen LogP contribution in [-0.4, -0.2) is 5.54 Å². The standard InChI is InChI=1S/C16H21ClFN/c17-14-6-3-11(8-15(14)18)9-16(19)7-1-2-13(10-16)12-4-5-12/h3,6,8,12-13H,1-2,4-5,7,9-10,19H2. The first kappa shape index (κ1) is 13.4. The van der Waals surface area contributed by atoms with Crippen molar-refractivity contribution in [2.75, 3.05) is 0 Å². The number of benzene rings is 1. The van der Waals surface area contributed by atoms with Crippen LogP contribution in [0.3, 0.4) is 0 Å². The second-order valence-corrected chi connectivity index (χ2v) is 6.89. The minimum Gasteiger partial charge on any atom is -0.325 e. The third kappa shape index (κ3) is 3.11. The van der Waals surface area contributed by atoms with Gasteiger partial charge in [0.25, 0.3) is 0 Å². The van der Waals surface area contributed by atoms with Gasteiger partial charge >= 0.3 is 0 Å². The molecule has 2 atom stereocenters. The lowest BCUT2D eigenvalue weighted by Gasteiger charge is -2.38. The summed E-state index contributed by atoms with van der Waals surface area (Å²) in [6, 6.07) is 5.08. The van der Waals surface area contributed by atoms with Crippen LogP contribution >= 0.6 is 11.6 Å². The summed E-state index contributed by atoms with van der Waals surface area (Å²) in [7, 11) is 0. The quantitative estimate of drug-likeness (QED) is 0.877. The van der Waals surface area contributed by atoms with Crippen molar-refractivity contribution >= 4 is 11.6 Å². The molecular weight excluding hydrogens is 261 g/mol. The molecule has 2 aliphatic carbocycles. The van der Waals surface area contributed by atoms with Gasteiger partial charge < -0.3 is 5.73 Å². The molecule has 0 amide bonds. The van der Waals surface area contributed by atoms with E-state index in [0.717, 1.165) is 36.7 Å². The van der Waals surface area contributed by atoms with Gasteiger partial charge in [0.15, 0.2) is 0 Å². The first-order chi connectivity index (χ1) is 9.06. The van der Waals surface area contributed by atoms with Crippen molar-refractivity contribution in [1.29, 1.82) is 0 Å². The number of hydrogen-bond donors (Lipinski definition) is 1. The summed E-state index contributed by atoms with van der Waals surface area (Å²) in [5, 5.41) is 0.189. The lowest BCUT2D eigenvalue weighted by Crippen LogP contribution is -2.46. The van der Waals surface area contributed by atoms with Gasteiger partial charge in [0.1, 0.15) is 5.82 Å². The maximum Gasteiger partial charge on any atom is 0.142 e. The Morgan fingerprint density at radius 1 is 1.26 bits per heavy atom. The van der Waals surface area contributed by atoms with Gasteiger partial charge in [-0.3, -0.25) is 0 Å². The summed E-state index contributed by atoms with van der Waals surface area (Å²) in [6.45, 7) is 0. The second-order valence-electron chi connectivity index (χ2n) is 6.48. The Bertz CT molecular complexity index is 472. The Labute approximate surface area is 119 Å². The SMILES string of the molecule is NC1(Cc2ccc(Cl)c(F)c2)CCCC(C2CC2)C1. The Hall–Kier alpha value is -0.600. The van der Waals surface area contributed by atoms with Crippen LogP contribution in [0, 0.1) is 17.7 Å². The molecule has 3 rings (SSSR count). The molecule has 19 heavy (non-hydrogen) atoms. The van der Waals surface area contributed by atoms with Crippen LogP contribution < -0.4 is 5.73 Å². The predicted octanol–water partition coefficient (Wildman–Crippen LogP) is 4.32. The van der Waals surface area contributed by atoms with E-state index in [1.165, 1.54) is 31.7 Å². The minimum atomic E-state index is -0.336. The summed E-state index contributed by atoms with van der Waals surface area (Å²) in [4.78, 5) is 0. The zero-order valence-corrected chi connectivity index (χ0v) is 11.9. The summed E-state index contributed by atoms with van der Waals surface area (Å²) >= 11 is 5.72. The van der Waals surface area contributed by atoms with Crippen LogP contribution in [0.4, 0.5) is 4.39 Å². The largest absolute Gasteiger partial charge is 0.325 e. The van der Waals surface area contributed by atoms with Crippen molar-refractivity contribution < 1.29 is 4.39 Å². The molecule has 2 aliphatic rings. The van der Waals surface area contributed by atoms with Gasteiger partial charge in [0.2, 0.25) is 0 Å². The molecule has 2 unspecified atom stereocenters. The van der Waals surface area contributed by atoms with E-state index < -0.39 is 0 Å². The van der Waals surface area contributed by atoms with Crippen LogP contribution in [0.2, 0.25) is 5.02 Å². The zero-order valence-electron chi connectivity index (χ0n) is 11.2. The Morgan fingerprint density at radius 2 is 2.05 bits per heavy atom. The Kier molecular flexibility index (Phi) is 3.57. The van der Waals surface area contributed by atoms with Gasteiger partial charge in [-0.05, 0) is 61.6 Å². The van der Waals surface area contributed by atoms with Gasteiger partial charge in [-0.25, -0.2) is 4.39 Å². The third-order valence-electron chi connectivity index (χ3n) is 4.75. The monoisotopic (exact) mass is 281 g/mol. The average Bonchev–Trinajstić information content (AvgIpc) is 3.18. The summed E-state index contributed by atoms with van der Waals surface area (Å²) in [5.41, 5.74) is 7.41. The fourth-order valence-corrected chi connectivity index (χ4v) is 3.75. The van der Waals surface area contributed by atoms with Crippen LogP contribution in [-0.2, 0) is 6.42 Å². The zero-order chi connectivity index (χ0) is 13.5. The summed E-state index contributed by atoms with van der Waals surface area (Å²) in [6.07, 6.45) is 8.24. The van der Waals surface area contributed by atoms with Gasteiger partial charge in [-0.1, -0.05) is 30.5 Å². The highest BCUT2D eigenvalue weighted by Gasteiger charge is 2.39. The molecule has 0 spiro atoms. The van der Waals surface area contributed by atoms with Gasteiger partial charge in [0.05, 0.1) is 5.02 Å². The van der Waals surface area contributed by atoms with E-state index in [4.69, 9.17) is 17.3 Å². The van der Waals surface area contributed by atoms with Gasteiger partial charge in [0, 0.05) is 5.54 Å². The molecule has 2 fully saturated rings. The smallest absolute Gasteiger partial charge is 0.142 e. The number of nitrogens with two attached hydrogens (primary N) is 1. The van der Waals surface area contributed by atoms with Crippen LogP contribution in [0.15, 0.2) is 18.2 Å². The second kappa shape index (κ2) is 5.06. The average molecular weight is 282 g/mol. The molecule has 1 aromatic rings. The van der Waals surface area contributed by atoms with Gasteiger partial charge in [-0.15, -0.1) is 0 Å². The molecule has 1 aromatic carbocycles. The third-order valence-corrected chi connectivity index (χ3v) is 5.05. The highest BCUT2D eigenvalue weighted by atomic mass is 35.5. The molecule has 0 saturated heterocycles. The molecule has 3 heteroatoms. The number of rotatable bonds is 3. The van der Waals surface area contributed by atoms with E-state index in [1.54, 1.807) is 6.07 Å². The first-order valence-electron chi connectivity index (χ1n) is 7.29. The molecule has 1 nitrogen and oxygen atoms in total. The lowest BCUT2D eigenvalue weighted by molar-refractivity contribution is 0.204. The minimum absolute atomic E-state index is 0.147. The van der Waals surface area contributed by atoms with E-state index in [1.807, 2.05) is 6.07 Å². The fraction of sp³-hybridized carbons (Fsp3) is 0.625. The van der Waals surface area contributed by atoms with Gasteiger partial charge in [-0.2, -0.15) is 0 Å². The summed E-state index contributed by atoms with van der Waals surface area (Å²) < 4.78 is 13.5. The Balaban J connectivity index is 1.71. The highest BCUT2D eigenvalue weighted by molar-refractivity contribution is 6.30. The molecule has 0 radical (unpaired) electrons. The normalized spacial score (nSPS) is 31.4. The maximum atomic E-state index is 13.5. The molecule has 104 valence electrons. The van der Waals surface area contributed by atoms with Crippen molar-refractivity contribution in [3.8, 4) is 0 Å². The topological polar surface area (TPSA) is 26.0 Å².